The highest BCUT2D eigenvalue weighted by Gasteiger charge is 2.27. The number of nitrogens with zero attached hydrogens (tertiary/aromatic N) is 2. The van der Waals surface area contributed by atoms with Crippen LogP contribution in [0.15, 0.2) is 45.6 Å². The summed E-state index contributed by atoms with van der Waals surface area (Å²) in [6, 6.07) is 9.89. The minimum Gasteiger partial charge on any atom is -0.408 e. The number of nitriles is 1. The Balaban J connectivity index is 1.59. The molecular weight excluding hydrogens is 418 g/mol. The molecular formula is C21H18BFN4O5. The maximum Gasteiger partial charge on any atom is 0.423 e. The molecule has 0 saturated carbocycles. The van der Waals surface area contributed by atoms with E-state index in [0.717, 1.165) is 0 Å². The largest absolute Gasteiger partial charge is 0.423 e. The SMILES string of the molecule is [B]C(O)(O)n1c(=O)oc2ccc(-c3ccc(CC(C#N)NC(=O)C4CNC4)c(F)c3)cc21. The number of aromatic nitrogens is 1. The van der Waals surface area contributed by atoms with Gasteiger partial charge in [-0.1, -0.05) is 18.2 Å². The third kappa shape index (κ3) is 4.16. The quantitative estimate of drug-likeness (QED) is 0.312. The number of carbonyl (C=O) groups is 1. The molecule has 1 aliphatic rings. The lowest BCUT2D eigenvalue weighted by molar-refractivity contribution is -0.152. The third-order valence-electron chi connectivity index (χ3n) is 5.34. The zero-order valence-electron chi connectivity index (χ0n) is 16.7. The first-order valence-electron chi connectivity index (χ1n) is 9.76. The molecule has 1 atom stereocenters. The lowest BCUT2D eigenvalue weighted by atomic mass is 9.98. The molecule has 0 bridgehead atoms. The molecule has 1 unspecified atom stereocenters. The number of hydrogen-bond acceptors (Lipinski definition) is 7. The molecule has 2 aromatic carbocycles. The highest BCUT2D eigenvalue weighted by Crippen LogP contribution is 2.27. The normalized spacial score (nSPS) is 15.2. The van der Waals surface area contributed by atoms with Crippen LogP contribution in [0.2, 0.25) is 0 Å². The molecule has 3 aromatic rings. The van der Waals surface area contributed by atoms with Crippen LogP contribution in [0.25, 0.3) is 22.2 Å². The Labute approximate surface area is 182 Å². The Kier molecular flexibility index (Phi) is 5.60. The monoisotopic (exact) mass is 436 g/mol. The van der Waals surface area contributed by atoms with E-state index in [1.807, 2.05) is 6.07 Å². The number of carbonyl (C=O) groups excluding carboxylic acids is 1. The van der Waals surface area contributed by atoms with Crippen molar-refractivity contribution in [2.75, 3.05) is 13.1 Å². The molecule has 1 aromatic heterocycles. The predicted molar refractivity (Wildman–Crippen MR) is 112 cm³/mol. The highest BCUT2D eigenvalue weighted by molar-refractivity contribution is 6.11. The summed E-state index contributed by atoms with van der Waals surface area (Å²) in [5.41, 5.74) is 1.24. The smallest absolute Gasteiger partial charge is 0.408 e. The number of amides is 1. The van der Waals surface area contributed by atoms with Crippen molar-refractivity contribution in [1.29, 1.82) is 5.26 Å². The molecule has 9 nitrogen and oxygen atoms in total. The second-order valence-electron chi connectivity index (χ2n) is 7.63. The summed E-state index contributed by atoms with van der Waals surface area (Å²) < 4.78 is 20.2. The molecule has 162 valence electrons. The zero-order chi connectivity index (χ0) is 23.0. The van der Waals surface area contributed by atoms with Crippen molar-refractivity contribution >= 4 is 24.9 Å². The van der Waals surface area contributed by atoms with Crippen molar-refractivity contribution < 1.29 is 23.8 Å². The van der Waals surface area contributed by atoms with Gasteiger partial charge in [0.1, 0.15) is 11.9 Å². The van der Waals surface area contributed by atoms with Crippen molar-refractivity contribution in [2.24, 2.45) is 5.92 Å². The molecule has 4 rings (SSSR count). The molecule has 1 aliphatic heterocycles. The molecule has 1 saturated heterocycles. The van der Waals surface area contributed by atoms with Gasteiger partial charge in [0.25, 0.3) is 0 Å². The number of benzene rings is 2. The molecule has 0 spiro atoms. The van der Waals surface area contributed by atoms with E-state index in [1.165, 1.54) is 24.3 Å². The fourth-order valence-electron chi connectivity index (χ4n) is 3.51. The summed E-state index contributed by atoms with van der Waals surface area (Å²) in [4.78, 5) is 23.9. The van der Waals surface area contributed by atoms with E-state index in [9.17, 15) is 29.5 Å². The number of nitrogens with one attached hydrogen (secondary N) is 2. The second kappa shape index (κ2) is 8.24. The number of hydrogen-bond donors (Lipinski definition) is 4. The zero-order valence-corrected chi connectivity index (χ0v) is 16.7. The maximum absolute atomic E-state index is 14.8. The molecule has 1 amide bonds. The number of halogens is 1. The van der Waals surface area contributed by atoms with E-state index in [0.29, 0.717) is 28.8 Å². The van der Waals surface area contributed by atoms with Crippen LogP contribution in [0.1, 0.15) is 5.56 Å². The molecule has 1 fully saturated rings. The topological polar surface area (TPSA) is 141 Å². The summed E-state index contributed by atoms with van der Waals surface area (Å²) >= 11 is 0. The van der Waals surface area contributed by atoms with Crippen molar-refractivity contribution in [2.45, 2.75) is 18.3 Å². The lowest BCUT2D eigenvalue weighted by Gasteiger charge is -2.26. The van der Waals surface area contributed by atoms with Gasteiger partial charge in [-0.15, -0.1) is 0 Å². The number of aliphatic hydroxyl groups is 2. The first kappa shape index (κ1) is 21.8. The fourth-order valence-corrected chi connectivity index (χ4v) is 3.51. The van der Waals surface area contributed by atoms with E-state index in [-0.39, 0.29) is 34.9 Å². The van der Waals surface area contributed by atoms with Crippen LogP contribution < -0.4 is 16.4 Å². The lowest BCUT2D eigenvalue weighted by Crippen LogP contribution is -2.52. The number of rotatable bonds is 6. The maximum atomic E-state index is 14.8. The summed E-state index contributed by atoms with van der Waals surface area (Å²) in [5.74, 6) is -5.03. The van der Waals surface area contributed by atoms with Crippen LogP contribution in [-0.2, 0) is 17.0 Å². The number of fused-ring (bicyclic) bond motifs is 1. The first-order chi connectivity index (χ1) is 15.2. The van der Waals surface area contributed by atoms with Gasteiger partial charge in [0, 0.05) is 19.5 Å². The van der Waals surface area contributed by atoms with Crippen molar-refractivity contribution in [1.82, 2.24) is 15.2 Å². The van der Waals surface area contributed by atoms with Gasteiger partial charge in [0.15, 0.2) is 19.2 Å². The molecule has 32 heavy (non-hydrogen) atoms. The van der Waals surface area contributed by atoms with Crippen LogP contribution >= 0.6 is 0 Å². The molecule has 11 heteroatoms. The molecule has 2 heterocycles. The Morgan fingerprint density at radius 3 is 2.62 bits per heavy atom. The summed E-state index contributed by atoms with van der Waals surface area (Å²) in [5, 5.41) is 34.2. The Morgan fingerprint density at radius 2 is 2.03 bits per heavy atom. The van der Waals surface area contributed by atoms with Gasteiger partial charge in [0.2, 0.25) is 5.91 Å². The fraction of sp³-hybridized carbons (Fsp3) is 0.286. The summed E-state index contributed by atoms with van der Waals surface area (Å²) in [7, 11) is 5.22. The van der Waals surface area contributed by atoms with E-state index in [2.05, 4.69) is 10.6 Å². The Morgan fingerprint density at radius 1 is 1.34 bits per heavy atom. The molecule has 2 radical (unpaired) electrons. The van der Waals surface area contributed by atoms with E-state index in [1.54, 1.807) is 12.1 Å². The minimum atomic E-state index is -2.97. The predicted octanol–water partition coefficient (Wildman–Crippen LogP) is -0.108. The Bertz CT molecular complexity index is 1290. The van der Waals surface area contributed by atoms with Crippen molar-refractivity contribution in [3.8, 4) is 17.2 Å². The van der Waals surface area contributed by atoms with E-state index >= 15 is 0 Å². The van der Waals surface area contributed by atoms with Gasteiger partial charge >= 0.3 is 5.76 Å². The van der Waals surface area contributed by atoms with Crippen LogP contribution in [0, 0.1) is 23.1 Å². The van der Waals surface area contributed by atoms with E-state index < -0.39 is 23.4 Å². The van der Waals surface area contributed by atoms with Crippen LogP contribution in [0.3, 0.4) is 0 Å². The Hall–Kier alpha value is -3.46. The van der Waals surface area contributed by atoms with E-state index in [4.69, 9.17) is 12.3 Å². The summed E-state index contributed by atoms with van der Waals surface area (Å²) in [6.45, 7) is 1.11. The van der Waals surface area contributed by atoms with Gasteiger partial charge in [-0.2, -0.15) is 5.26 Å². The van der Waals surface area contributed by atoms with Gasteiger partial charge in [-0.3, -0.25) is 4.79 Å². The van der Waals surface area contributed by atoms with Gasteiger partial charge in [-0.25, -0.2) is 13.8 Å². The third-order valence-corrected chi connectivity index (χ3v) is 5.34. The second-order valence-corrected chi connectivity index (χ2v) is 7.63. The standard InChI is InChI=1S/C21H18BFN4O5/c22-21(30,31)27-17-7-12(3-4-18(17)32-20(27)29)11-1-2-13(16(23)6-11)5-15(8-24)26-19(28)14-9-25-10-14/h1-4,6-7,14-15,25,30-31H,5,9-10H2,(H,26,28). The van der Waals surface area contributed by atoms with Crippen LogP contribution in [-0.4, -0.2) is 47.7 Å². The van der Waals surface area contributed by atoms with Crippen LogP contribution in [0.5, 0.6) is 0 Å². The molecule has 0 aliphatic carbocycles. The minimum absolute atomic E-state index is 0.000469. The first-order valence-corrected chi connectivity index (χ1v) is 9.76. The molecule has 4 N–H and O–H groups in total. The summed E-state index contributed by atoms with van der Waals surface area (Å²) in [6.07, 6.45) is -0.000469. The average Bonchev–Trinajstić information content (AvgIpc) is 3.02. The van der Waals surface area contributed by atoms with Gasteiger partial charge in [0.05, 0.1) is 17.5 Å². The van der Waals surface area contributed by atoms with Gasteiger partial charge < -0.3 is 25.3 Å². The van der Waals surface area contributed by atoms with Gasteiger partial charge in [-0.05, 0) is 34.9 Å². The van der Waals surface area contributed by atoms with Crippen molar-refractivity contribution in [3.05, 3.63) is 58.3 Å². The number of oxazole rings is 1. The van der Waals surface area contributed by atoms with Crippen LogP contribution in [0.4, 0.5) is 4.39 Å². The highest BCUT2D eigenvalue weighted by atomic mass is 19.1. The van der Waals surface area contributed by atoms with Crippen molar-refractivity contribution in [3.63, 3.8) is 0 Å². The average molecular weight is 436 g/mol.